The molecule has 0 aromatic carbocycles. The average molecular weight is 234 g/mol. The van der Waals surface area contributed by atoms with Crippen molar-refractivity contribution >= 4 is 11.7 Å². The number of rotatable bonds is 1. The predicted octanol–water partition coefficient (Wildman–Crippen LogP) is -0.864. The van der Waals surface area contributed by atoms with Crippen LogP contribution in [0, 0.1) is 6.92 Å². The highest BCUT2D eigenvalue weighted by molar-refractivity contribution is 5.39. The Hall–Kier alpha value is -1.89. The zero-order chi connectivity index (χ0) is 11.8. The lowest BCUT2D eigenvalue weighted by Gasteiger charge is -2.26. The molecule has 0 radical (unpaired) electrons. The zero-order valence-corrected chi connectivity index (χ0v) is 9.60. The minimum absolute atomic E-state index is 0.124. The Morgan fingerprint density at radius 1 is 1.29 bits per heavy atom. The van der Waals surface area contributed by atoms with Crippen LogP contribution < -0.4 is 15.8 Å². The summed E-state index contributed by atoms with van der Waals surface area (Å²) in [6.07, 6.45) is 0. The van der Waals surface area contributed by atoms with Gasteiger partial charge in [-0.05, 0) is 6.92 Å². The van der Waals surface area contributed by atoms with E-state index in [0.717, 1.165) is 26.2 Å². The molecule has 0 spiro atoms. The van der Waals surface area contributed by atoms with Crippen molar-refractivity contribution < 1.29 is 0 Å². The monoisotopic (exact) mass is 234 g/mol. The van der Waals surface area contributed by atoms with Gasteiger partial charge in [0.2, 0.25) is 5.95 Å². The third-order valence-electron chi connectivity index (χ3n) is 2.86. The molecule has 1 fully saturated rings. The predicted molar refractivity (Wildman–Crippen MR) is 63.4 cm³/mol. The molecule has 1 aliphatic heterocycles. The Morgan fingerprint density at radius 3 is 2.82 bits per heavy atom. The highest BCUT2D eigenvalue weighted by Gasteiger charge is 2.15. The first-order chi connectivity index (χ1) is 8.24. The topological polar surface area (TPSA) is 78.3 Å². The summed E-state index contributed by atoms with van der Waals surface area (Å²) in [4.78, 5) is 22.4. The highest BCUT2D eigenvalue weighted by Crippen LogP contribution is 2.08. The van der Waals surface area contributed by atoms with Crippen molar-refractivity contribution in [1.82, 2.24) is 24.9 Å². The van der Waals surface area contributed by atoms with Gasteiger partial charge < -0.3 is 10.2 Å². The van der Waals surface area contributed by atoms with Crippen LogP contribution in [-0.4, -0.2) is 45.8 Å². The first-order valence-corrected chi connectivity index (χ1v) is 5.66. The Bertz CT molecular complexity index is 594. The van der Waals surface area contributed by atoms with Gasteiger partial charge in [-0.2, -0.15) is 9.50 Å². The SMILES string of the molecule is Cc1cc(=O)n2[nH]c(N3CCNCC3)nc2n1. The Balaban J connectivity index is 2.06. The van der Waals surface area contributed by atoms with Gasteiger partial charge in [0, 0.05) is 37.9 Å². The molecule has 0 bridgehead atoms. The van der Waals surface area contributed by atoms with E-state index in [9.17, 15) is 4.79 Å². The van der Waals surface area contributed by atoms with E-state index in [1.807, 2.05) is 0 Å². The number of aromatic nitrogens is 4. The van der Waals surface area contributed by atoms with Crippen molar-refractivity contribution in [2.24, 2.45) is 0 Å². The summed E-state index contributed by atoms with van der Waals surface area (Å²) >= 11 is 0. The lowest BCUT2D eigenvalue weighted by atomic mass is 10.4. The van der Waals surface area contributed by atoms with E-state index in [4.69, 9.17) is 0 Å². The van der Waals surface area contributed by atoms with Crippen LogP contribution in [0.15, 0.2) is 10.9 Å². The molecule has 2 aromatic rings. The van der Waals surface area contributed by atoms with Crippen molar-refractivity contribution in [3.63, 3.8) is 0 Å². The van der Waals surface area contributed by atoms with Crippen molar-refractivity contribution in [3.8, 4) is 0 Å². The highest BCUT2D eigenvalue weighted by atomic mass is 16.1. The minimum Gasteiger partial charge on any atom is -0.339 e. The molecule has 2 N–H and O–H groups in total. The average Bonchev–Trinajstić information content (AvgIpc) is 2.74. The van der Waals surface area contributed by atoms with Crippen molar-refractivity contribution in [1.29, 1.82) is 0 Å². The summed E-state index contributed by atoms with van der Waals surface area (Å²) in [6.45, 7) is 5.42. The van der Waals surface area contributed by atoms with Gasteiger partial charge in [0.05, 0.1) is 0 Å². The van der Waals surface area contributed by atoms with Crippen molar-refractivity contribution in [2.75, 3.05) is 31.1 Å². The lowest BCUT2D eigenvalue weighted by Crippen LogP contribution is -2.44. The van der Waals surface area contributed by atoms with Gasteiger partial charge in [-0.25, -0.2) is 4.98 Å². The molecule has 7 nitrogen and oxygen atoms in total. The molecule has 17 heavy (non-hydrogen) atoms. The Labute approximate surface area is 97.5 Å². The second kappa shape index (κ2) is 3.85. The molecular weight excluding hydrogens is 220 g/mol. The molecule has 1 aliphatic rings. The number of hydrogen-bond acceptors (Lipinski definition) is 5. The van der Waals surface area contributed by atoms with Gasteiger partial charge in [-0.3, -0.25) is 9.89 Å². The fourth-order valence-corrected chi connectivity index (χ4v) is 2.00. The maximum atomic E-state index is 11.7. The second-order valence-electron chi connectivity index (χ2n) is 4.16. The van der Waals surface area contributed by atoms with Gasteiger partial charge in [0.1, 0.15) is 0 Å². The molecule has 90 valence electrons. The normalized spacial score (nSPS) is 16.6. The Morgan fingerprint density at radius 2 is 2.06 bits per heavy atom. The molecule has 3 rings (SSSR count). The van der Waals surface area contributed by atoms with Crippen LogP contribution in [0.25, 0.3) is 5.78 Å². The fourth-order valence-electron chi connectivity index (χ4n) is 2.00. The zero-order valence-electron chi connectivity index (χ0n) is 9.60. The molecule has 0 aliphatic carbocycles. The third kappa shape index (κ3) is 1.78. The van der Waals surface area contributed by atoms with E-state index in [-0.39, 0.29) is 5.56 Å². The van der Waals surface area contributed by atoms with Gasteiger partial charge in [0.25, 0.3) is 11.3 Å². The fraction of sp³-hybridized carbons (Fsp3) is 0.500. The lowest BCUT2D eigenvalue weighted by molar-refractivity contribution is 0.579. The minimum atomic E-state index is -0.124. The van der Waals surface area contributed by atoms with E-state index in [1.54, 1.807) is 6.92 Å². The summed E-state index contributed by atoms with van der Waals surface area (Å²) in [5.74, 6) is 1.14. The van der Waals surface area contributed by atoms with E-state index < -0.39 is 0 Å². The molecular formula is C10H14N6O. The van der Waals surface area contributed by atoms with Crippen molar-refractivity contribution in [3.05, 3.63) is 22.1 Å². The molecule has 1 saturated heterocycles. The summed E-state index contributed by atoms with van der Waals surface area (Å²) < 4.78 is 1.38. The van der Waals surface area contributed by atoms with E-state index in [1.165, 1.54) is 10.6 Å². The van der Waals surface area contributed by atoms with Crippen molar-refractivity contribution in [2.45, 2.75) is 6.92 Å². The number of aromatic amines is 1. The van der Waals surface area contributed by atoms with Crippen LogP contribution in [0.1, 0.15) is 5.69 Å². The smallest absolute Gasteiger partial charge is 0.274 e. The van der Waals surface area contributed by atoms with Crippen LogP contribution in [0.5, 0.6) is 0 Å². The largest absolute Gasteiger partial charge is 0.339 e. The maximum Gasteiger partial charge on any atom is 0.274 e. The van der Waals surface area contributed by atoms with Crippen LogP contribution in [0.2, 0.25) is 0 Å². The number of hydrogen-bond donors (Lipinski definition) is 2. The van der Waals surface area contributed by atoms with E-state index >= 15 is 0 Å². The summed E-state index contributed by atoms with van der Waals surface area (Å²) in [5, 5.41) is 6.26. The van der Waals surface area contributed by atoms with Gasteiger partial charge in [-0.1, -0.05) is 0 Å². The van der Waals surface area contributed by atoms with Crippen LogP contribution in [0.3, 0.4) is 0 Å². The molecule has 7 heteroatoms. The third-order valence-corrected chi connectivity index (χ3v) is 2.86. The summed E-state index contributed by atoms with van der Waals surface area (Å²) in [6, 6.07) is 1.49. The number of nitrogens with zero attached hydrogens (tertiary/aromatic N) is 4. The Kier molecular flexibility index (Phi) is 2.32. The van der Waals surface area contributed by atoms with Crippen LogP contribution in [-0.2, 0) is 0 Å². The number of H-pyrrole nitrogens is 1. The van der Waals surface area contributed by atoms with Crippen LogP contribution >= 0.6 is 0 Å². The molecule has 3 heterocycles. The standard InChI is InChI=1S/C10H14N6O/c1-7-6-8(17)16-9(12-7)13-10(14-16)15-4-2-11-3-5-15/h6,11H,2-5H2,1H3,(H,12,13,14). The first kappa shape index (κ1) is 10.3. The number of piperazine rings is 1. The molecule has 0 atom stereocenters. The number of aryl methyl sites for hydroxylation is 1. The maximum absolute atomic E-state index is 11.7. The van der Waals surface area contributed by atoms with Crippen LogP contribution in [0.4, 0.5) is 5.95 Å². The van der Waals surface area contributed by atoms with Gasteiger partial charge in [0.15, 0.2) is 0 Å². The molecule has 0 unspecified atom stereocenters. The molecule has 0 amide bonds. The number of nitrogens with one attached hydrogen (secondary N) is 2. The summed E-state index contributed by atoms with van der Waals surface area (Å²) in [7, 11) is 0. The number of fused-ring (bicyclic) bond motifs is 1. The summed E-state index contributed by atoms with van der Waals surface area (Å²) in [5.41, 5.74) is 0.565. The van der Waals surface area contributed by atoms with E-state index in [0.29, 0.717) is 17.4 Å². The molecule has 0 saturated carbocycles. The number of anilines is 1. The quantitative estimate of drug-likeness (QED) is 0.671. The second-order valence-corrected chi connectivity index (χ2v) is 4.16. The van der Waals surface area contributed by atoms with Gasteiger partial charge in [-0.15, -0.1) is 0 Å². The van der Waals surface area contributed by atoms with Gasteiger partial charge >= 0.3 is 0 Å². The van der Waals surface area contributed by atoms with E-state index in [2.05, 4.69) is 25.3 Å². The first-order valence-electron chi connectivity index (χ1n) is 5.66. The molecule has 2 aromatic heterocycles.